The molecule has 0 aromatic heterocycles. The van der Waals surface area contributed by atoms with Gasteiger partial charge >= 0.3 is 6.03 Å². The van der Waals surface area contributed by atoms with E-state index in [-0.39, 0.29) is 12.1 Å². The van der Waals surface area contributed by atoms with E-state index in [4.69, 9.17) is 11.6 Å². The van der Waals surface area contributed by atoms with Crippen molar-refractivity contribution in [1.29, 1.82) is 0 Å². The van der Waals surface area contributed by atoms with Crippen LogP contribution in [0.25, 0.3) is 0 Å². The molecule has 2 amide bonds. The standard InChI is InChI=1S/C14H19ClN2O/c1-10(12-8-3-4-9-13(12)15)17(2)14(18)16-11-6-5-7-11/h3-4,8-11H,5-7H2,1-2H3,(H,16,18). The summed E-state index contributed by atoms with van der Waals surface area (Å²) in [6.07, 6.45) is 3.41. The quantitative estimate of drug-likeness (QED) is 0.891. The fraction of sp³-hybridized carbons (Fsp3) is 0.500. The first-order valence-corrected chi connectivity index (χ1v) is 6.75. The second-order valence-corrected chi connectivity index (χ2v) is 5.29. The lowest BCUT2D eigenvalue weighted by Gasteiger charge is -2.32. The lowest BCUT2D eigenvalue weighted by Crippen LogP contribution is -2.46. The number of halogens is 1. The summed E-state index contributed by atoms with van der Waals surface area (Å²) in [7, 11) is 1.81. The fourth-order valence-electron chi connectivity index (χ4n) is 2.03. The molecule has 4 heteroatoms. The highest BCUT2D eigenvalue weighted by Crippen LogP contribution is 2.26. The van der Waals surface area contributed by atoms with Crippen LogP contribution in [-0.2, 0) is 0 Å². The summed E-state index contributed by atoms with van der Waals surface area (Å²) in [6.45, 7) is 1.99. The molecule has 0 radical (unpaired) electrons. The molecule has 2 rings (SSSR count). The van der Waals surface area contributed by atoms with Crippen molar-refractivity contribution in [1.82, 2.24) is 10.2 Å². The molecule has 1 fully saturated rings. The highest BCUT2D eigenvalue weighted by atomic mass is 35.5. The molecule has 1 N–H and O–H groups in total. The van der Waals surface area contributed by atoms with Crippen LogP contribution in [0.5, 0.6) is 0 Å². The van der Waals surface area contributed by atoms with Crippen LogP contribution >= 0.6 is 11.6 Å². The van der Waals surface area contributed by atoms with Crippen molar-refractivity contribution >= 4 is 17.6 Å². The van der Waals surface area contributed by atoms with Crippen molar-refractivity contribution in [3.05, 3.63) is 34.9 Å². The van der Waals surface area contributed by atoms with E-state index in [2.05, 4.69) is 5.32 Å². The zero-order valence-electron chi connectivity index (χ0n) is 10.8. The SMILES string of the molecule is CC(c1ccccc1Cl)N(C)C(=O)NC1CCC1. The summed E-state index contributed by atoms with van der Waals surface area (Å²) < 4.78 is 0. The highest BCUT2D eigenvalue weighted by molar-refractivity contribution is 6.31. The number of carbonyl (C=O) groups is 1. The lowest BCUT2D eigenvalue weighted by molar-refractivity contribution is 0.183. The zero-order chi connectivity index (χ0) is 13.1. The van der Waals surface area contributed by atoms with Gasteiger partial charge in [0, 0.05) is 18.1 Å². The number of hydrogen-bond acceptors (Lipinski definition) is 1. The van der Waals surface area contributed by atoms with Gasteiger partial charge < -0.3 is 10.2 Å². The minimum absolute atomic E-state index is 0.0212. The van der Waals surface area contributed by atoms with E-state index in [1.54, 1.807) is 4.90 Å². The van der Waals surface area contributed by atoms with E-state index < -0.39 is 0 Å². The largest absolute Gasteiger partial charge is 0.335 e. The summed E-state index contributed by atoms with van der Waals surface area (Å²) in [6, 6.07) is 7.96. The normalized spacial score (nSPS) is 16.8. The number of nitrogens with one attached hydrogen (secondary N) is 1. The monoisotopic (exact) mass is 266 g/mol. The maximum atomic E-state index is 12.0. The van der Waals surface area contributed by atoms with Crippen LogP contribution in [0.1, 0.15) is 37.8 Å². The maximum absolute atomic E-state index is 12.0. The van der Waals surface area contributed by atoms with Crippen LogP contribution in [0.15, 0.2) is 24.3 Å². The molecule has 0 heterocycles. The second kappa shape index (κ2) is 5.61. The van der Waals surface area contributed by atoms with Gasteiger partial charge in [-0.05, 0) is 37.8 Å². The first kappa shape index (κ1) is 13.2. The smallest absolute Gasteiger partial charge is 0.317 e. The molecule has 1 unspecified atom stereocenters. The second-order valence-electron chi connectivity index (χ2n) is 4.89. The van der Waals surface area contributed by atoms with Gasteiger partial charge in [-0.2, -0.15) is 0 Å². The first-order chi connectivity index (χ1) is 8.59. The summed E-state index contributed by atoms with van der Waals surface area (Å²) in [4.78, 5) is 13.8. The Kier molecular flexibility index (Phi) is 4.12. The number of nitrogens with zero attached hydrogens (tertiary/aromatic N) is 1. The van der Waals surface area contributed by atoms with E-state index in [1.165, 1.54) is 6.42 Å². The number of benzene rings is 1. The Hall–Kier alpha value is -1.22. The molecule has 1 aliphatic rings. The van der Waals surface area contributed by atoms with Gasteiger partial charge in [-0.25, -0.2) is 4.79 Å². The van der Waals surface area contributed by atoms with E-state index in [1.807, 2.05) is 38.2 Å². The molecular formula is C14H19ClN2O. The number of amides is 2. The average molecular weight is 267 g/mol. The third-order valence-corrected chi connectivity index (χ3v) is 4.03. The summed E-state index contributed by atoms with van der Waals surface area (Å²) in [5, 5.41) is 3.73. The van der Waals surface area contributed by atoms with E-state index >= 15 is 0 Å². The van der Waals surface area contributed by atoms with Crippen molar-refractivity contribution < 1.29 is 4.79 Å². The fourth-order valence-corrected chi connectivity index (χ4v) is 2.32. The molecule has 98 valence electrons. The molecule has 1 aromatic carbocycles. The third-order valence-electron chi connectivity index (χ3n) is 3.69. The Morgan fingerprint density at radius 3 is 2.67 bits per heavy atom. The Bertz CT molecular complexity index is 432. The Morgan fingerprint density at radius 1 is 1.44 bits per heavy atom. The van der Waals surface area contributed by atoms with Gasteiger partial charge in [-0.15, -0.1) is 0 Å². The van der Waals surface area contributed by atoms with Crippen LogP contribution in [0.3, 0.4) is 0 Å². The summed E-state index contributed by atoms with van der Waals surface area (Å²) in [5.74, 6) is 0. The van der Waals surface area contributed by atoms with Gasteiger partial charge in [0.2, 0.25) is 0 Å². The van der Waals surface area contributed by atoms with Gasteiger partial charge in [-0.1, -0.05) is 29.8 Å². The lowest BCUT2D eigenvalue weighted by atomic mass is 9.93. The Labute approximate surface area is 113 Å². The van der Waals surface area contributed by atoms with Crippen LogP contribution in [0.4, 0.5) is 4.79 Å². The van der Waals surface area contributed by atoms with Crippen LogP contribution in [0, 0.1) is 0 Å². The van der Waals surface area contributed by atoms with Crippen molar-refractivity contribution in [2.75, 3.05) is 7.05 Å². The molecule has 3 nitrogen and oxygen atoms in total. The molecule has 0 saturated heterocycles. The van der Waals surface area contributed by atoms with Gasteiger partial charge in [0.1, 0.15) is 0 Å². The molecule has 18 heavy (non-hydrogen) atoms. The van der Waals surface area contributed by atoms with Crippen LogP contribution < -0.4 is 5.32 Å². The van der Waals surface area contributed by atoms with Crippen molar-refractivity contribution in [3.63, 3.8) is 0 Å². The van der Waals surface area contributed by atoms with Crippen molar-refractivity contribution in [2.24, 2.45) is 0 Å². The van der Waals surface area contributed by atoms with E-state index in [0.29, 0.717) is 11.1 Å². The Morgan fingerprint density at radius 2 is 2.11 bits per heavy atom. The summed E-state index contributed by atoms with van der Waals surface area (Å²) >= 11 is 6.15. The van der Waals surface area contributed by atoms with Crippen molar-refractivity contribution in [2.45, 2.75) is 38.3 Å². The van der Waals surface area contributed by atoms with Gasteiger partial charge in [0.05, 0.1) is 6.04 Å². The molecule has 1 aromatic rings. The van der Waals surface area contributed by atoms with Gasteiger partial charge in [-0.3, -0.25) is 0 Å². The molecule has 1 aliphatic carbocycles. The number of hydrogen-bond donors (Lipinski definition) is 1. The van der Waals surface area contributed by atoms with E-state index in [0.717, 1.165) is 18.4 Å². The van der Waals surface area contributed by atoms with Crippen LogP contribution in [0.2, 0.25) is 5.02 Å². The number of rotatable bonds is 3. The van der Waals surface area contributed by atoms with Crippen molar-refractivity contribution in [3.8, 4) is 0 Å². The molecule has 0 aliphatic heterocycles. The predicted molar refractivity (Wildman–Crippen MR) is 73.8 cm³/mol. The van der Waals surface area contributed by atoms with E-state index in [9.17, 15) is 4.79 Å². The minimum atomic E-state index is -0.0289. The number of urea groups is 1. The third kappa shape index (κ3) is 2.78. The van der Waals surface area contributed by atoms with Gasteiger partial charge in [0.15, 0.2) is 0 Å². The molecule has 1 saturated carbocycles. The van der Waals surface area contributed by atoms with Crippen LogP contribution in [-0.4, -0.2) is 24.0 Å². The zero-order valence-corrected chi connectivity index (χ0v) is 11.6. The summed E-state index contributed by atoms with van der Waals surface area (Å²) in [5.41, 5.74) is 0.977. The molecular weight excluding hydrogens is 248 g/mol. The average Bonchev–Trinajstić information content (AvgIpc) is 2.32. The maximum Gasteiger partial charge on any atom is 0.317 e. The number of carbonyl (C=O) groups excluding carboxylic acids is 1. The molecule has 0 bridgehead atoms. The van der Waals surface area contributed by atoms with Gasteiger partial charge in [0.25, 0.3) is 0 Å². The topological polar surface area (TPSA) is 32.3 Å². The Balaban J connectivity index is 2.01. The first-order valence-electron chi connectivity index (χ1n) is 6.37. The minimum Gasteiger partial charge on any atom is -0.335 e. The molecule has 0 spiro atoms. The predicted octanol–water partition coefficient (Wildman–Crippen LogP) is 3.59. The highest BCUT2D eigenvalue weighted by Gasteiger charge is 2.24. The molecule has 1 atom stereocenters.